The van der Waals surface area contributed by atoms with E-state index in [1.54, 1.807) is 0 Å². The van der Waals surface area contributed by atoms with Crippen LogP contribution in [0.15, 0.2) is 48.6 Å². The fourth-order valence-corrected chi connectivity index (χ4v) is 4.96. The predicted molar refractivity (Wildman–Crippen MR) is 210 cm³/mol. The molecule has 0 radical (unpaired) electrons. The Morgan fingerprint density at radius 2 is 0.958 bits per heavy atom. The van der Waals surface area contributed by atoms with Crippen LogP contribution in [-0.4, -0.2) is 33.9 Å². The minimum atomic E-state index is -0.671. The molecule has 0 aliphatic heterocycles. The molecule has 48 heavy (non-hydrogen) atoms. The van der Waals surface area contributed by atoms with E-state index in [-0.39, 0.29) is 19.8 Å². The van der Waals surface area contributed by atoms with Gasteiger partial charge in [-0.25, -0.2) is 0 Å². The van der Waals surface area contributed by atoms with E-state index in [1.165, 1.54) is 89.9 Å². The highest BCUT2D eigenvalue weighted by atomic mass is 16.6. The molecule has 0 rings (SSSR count). The molecule has 1 atom stereocenters. The van der Waals surface area contributed by atoms with Crippen LogP contribution in [0, 0.1) is 0 Å². The number of ether oxygens (including phenoxy) is 1. The molecule has 282 valence electrons. The van der Waals surface area contributed by atoms with Crippen molar-refractivity contribution in [3.8, 4) is 0 Å². The van der Waals surface area contributed by atoms with Crippen LogP contribution >= 0.6 is 0 Å². The maximum atomic E-state index is 11.6. The van der Waals surface area contributed by atoms with Crippen LogP contribution in [0.3, 0.4) is 0 Å². The number of aliphatic carboxylic acids is 1. The number of allylic oxidation sites excluding steroid dienone is 8. The summed E-state index contributed by atoms with van der Waals surface area (Å²) in [5, 5.41) is 18.4. The number of carbonyl (C=O) groups is 2. The zero-order chi connectivity index (χ0) is 35.3. The molecule has 0 saturated heterocycles. The lowest BCUT2D eigenvalue weighted by Crippen LogP contribution is -2.26. The van der Waals surface area contributed by atoms with Gasteiger partial charge in [0.1, 0.15) is 5.60 Å². The first-order chi connectivity index (χ1) is 22.6. The molecule has 0 bridgehead atoms. The standard InChI is InChI=1S/C24H44O3.C18H32O2.CH4/c1-5-6-7-8-9-10-11-12-13-14-15-16-17-18-19-20-22(25)21-23(26)27-24(2,3)4;1-2-3-4-5-6-7-8-9-10-11-12-13-14-15-16-17-18(19)20;/h9-10,12-13,22,25H,5-8,11,14-21H2,1-4H3;6-7,9-10H,2-5,8,11-17H2,1H3,(H,19,20);1H4/b10-9-,13-12-;7-6-,10-9-;. The second kappa shape index (κ2) is 39.3. The van der Waals surface area contributed by atoms with E-state index in [1.807, 2.05) is 20.8 Å². The van der Waals surface area contributed by atoms with Gasteiger partial charge in [-0.1, -0.05) is 141 Å². The number of aliphatic hydroxyl groups is 1. The highest BCUT2D eigenvalue weighted by molar-refractivity contribution is 5.70. The van der Waals surface area contributed by atoms with Gasteiger partial charge in [0.25, 0.3) is 0 Å². The average Bonchev–Trinajstić information content (AvgIpc) is 3.00. The van der Waals surface area contributed by atoms with Gasteiger partial charge < -0.3 is 14.9 Å². The molecular formula is C43H80O5. The average molecular weight is 677 g/mol. The summed E-state index contributed by atoms with van der Waals surface area (Å²) in [4.78, 5) is 22.0. The number of hydrogen-bond donors (Lipinski definition) is 2. The van der Waals surface area contributed by atoms with Crippen molar-refractivity contribution >= 4 is 11.9 Å². The molecule has 1 unspecified atom stereocenters. The Kier molecular flexibility index (Phi) is 41.1. The lowest BCUT2D eigenvalue weighted by molar-refractivity contribution is -0.157. The van der Waals surface area contributed by atoms with Gasteiger partial charge in [-0.15, -0.1) is 0 Å². The first-order valence-electron chi connectivity index (χ1n) is 19.3. The first-order valence-corrected chi connectivity index (χ1v) is 19.3. The first kappa shape index (κ1) is 50.2. The summed E-state index contributed by atoms with van der Waals surface area (Å²) in [6.07, 6.45) is 44.8. The van der Waals surface area contributed by atoms with Gasteiger partial charge in [0.05, 0.1) is 12.5 Å². The molecule has 0 aliphatic rings. The molecule has 0 aromatic heterocycles. The van der Waals surface area contributed by atoms with Gasteiger partial charge in [0, 0.05) is 6.42 Å². The Morgan fingerprint density at radius 1 is 0.583 bits per heavy atom. The molecule has 0 saturated carbocycles. The van der Waals surface area contributed by atoms with Crippen molar-refractivity contribution in [2.45, 2.75) is 214 Å². The number of carboxylic acid groups (broad SMARTS) is 1. The Hall–Kier alpha value is -2.14. The third-order valence-electron chi connectivity index (χ3n) is 7.65. The van der Waals surface area contributed by atoms with Crippen molar-refractivity contribution in [2.24, 2.45) is 0 Å². The summed E-state index contributed by atoms with van der Waals surface area (Å²) < 4.78 is 5.23. The van der Waals surface area contributed by atoms with Crippen molar-refractivity contribution in [3.63, 3.8) is 0 Å². The maximum absolute atomic E-state index is 11.6. The molecule has 2 N–H and O–H groups in total. The van der Waals surface area contributed by atoms with E-state index in [2.05, 4.69) is 62.5 Å². The number of aliphatic hydroxyl groups excluding tert-OH is 1. The molecule has 0 heterocycles. The Balaban J connectivity index is -0.000000862. The Morgan fingerprint density at radius 3 is 1.35 bits per heavy atom. The summed E-state index contributed by atoms with van der Waals surface area (Å²) in [7, 11) is 0. The van der Waals surface area contributed by atoms with Crippen molar-refractivity contribution < 1.29 is 24.5 Å². The number of hydrogen-bond acceptors (Lipinski definition) is 4. The van der Waals surface area contributed by atoms with Crippen molar-refractivity contribution in [3.05, 3.63) is 48.6 Å². The number of esters is 1. The lowest BCUT2D eigenvalue weighted by Gasteiger charge is -2.20. The Labute approximate surface area is 298 Å². The second-order valence-electron chi connectivity index (χ2n) is 13.8. The molecule has 5 nitrogen and oxygen atoms in total. The monoisotopic (exact) mass is 677 g/mol. The maximum Gasteiger partial charge on any atom is 0.308 e. The summed E-state index contributed by atoms with van der Waals surface area (Å²) >= 11 is 0. The topological polar surface area (TPSA) is 83.8 Å². The van der Waals surface area contributed by atoms with E-state index >= 15 is 0 Å². The SMILES string of the molecule is C.CCCCC/C=C\C/C=C\CCCCCCCC(=O)O.CCCCC/C=C\C/C=C\CCCCCCCC(O)CC(=O)OC(C)(C)C. The summed E-state index contributed by atoms with van der Waals surface area (Å²) in [6, 6.07) is 0. The second-order valence-corrected chi connectivity index (χ2v) is 13.8. The number of carbonyl (C=O) groups excluding carboxylic acids is 1. The van der Waals surface area contributed by atoms with Crippen molar-refractivity contribution in [2.75, 3.05) is 0 Å². The van der Waals surface area contributed by atoms with Crippen LogP contribution in [0.4, 0.5) is 0 Å². The van der Waals surface area contributed by atoms with Gasteiger partial charge in [-0.3, -0.25) is 9.59 Å². The van der Waals surface area contributed by atoms with E-state index in [4.69, 9.17) is 9.84 Å². The summed E-state index contributed by atoms with van der Waals surface area (Å²) in [5.41, 5.74) is -0.476. The number of carboxylic acids is 1. The summed E-state index contributed by atoms with van der Waals surface area (Å²) in [6.45, 7) is 10.0. The van der Waals surface area contributed by atoms with Crippen LogP contribution in [0.2, 0.25) is 0 Å². The fraction of sp³-hybridized carbons (Fsp3) is 0.767. The van der Waals surface area contributed by atoms with Crippen LogP contribution in [0.25, 0.3) is 0 Å². The largest absolute Gasteiger partial charge is 0.481 e. The molecular weight excluding hydrogens is 596 g/mol. The van der Waals surface area contributed by atoms with Crippen LogP contribution in [0.1, 0.15) is 203 Å². The minimum Gasteiger partial charge on any atom is -0.481 e. The van der Waals surface area contributed by atoms with E-state index in [9.17, 15) is 14.7 Å². The Bertz CT molecular complexity index is 802. The lowest BCUT2D eigenvalue weighted by atomic mass is 10.1. The van der Waals surface area contributed by atoms with Gasteiger partial charge in [-0.05, 0) is 97.8 Å². The smallest absolute Gasteiger partial charge is 0.308 e. The zero-order valence-corrected chi connectivity index (χ0v) is 31.5. The van der Waals surface area contributed by atoms with Gasteiger partial charge in [0.15, 0.2) is 0 Å². The van der Waals surface area contributed by atoms with Crippen LogP contribution in [-0.2, 0) is 14.3 Å². The van der Waals surface area contributed by atoms with E-state index < -0.39 is 17.7 Å². The molecule has 5 heteroatoms. The van der Waals surface area contributed by atoms with Crippen molar-refractivity contribution in [1.29, 1.82) is 0 Å². The van der Waals surface area contributed by atoms with Crippen molar-refractivity contribution in [1.82, 2.24) is 0 Å². The molecule has 0 amide bonds. The van der Waals surface area contributed by atoms with Gasteiger partial charge in [0.2, 0.25) is 0 Å². The van der Waals surface area contributed by atoms with Gasteiger partial charge in [-0.2, -0.15) is 0 Å². The van der Waals surface area contributed by atoms with E-state index in [0.717, 1.165) is 51.4 Å². The fourth-order valence-electron chi connectivity index (χ4n) is 4.96. The third kappa shape index (κ3) is 48.3. The number of rotatable bonds is 30. The molecule has 0 aliphatic carbocycles. The highest BCUT2D eigenvalue weighted by Crippen LogP contribution is 2.14. The quantitative estimate of drug-likeness (QED) is 0.0449. The number of unbranched alkanes of at least 4 members (excludes halogenated alkanes) is 16. The highest BCUT2D eigenvalue weighted by Gasteiger charge is 2.18. The zero-order valence-electron chi connectivity index (χ0n) is 31.5. The van der Waals surface area contributed by atoms with Crippen LogP contribution < -0.4 is 0 Å². The minimum absolute atomic E-state index is 0. The summed E-state index contributed by atoms with van der Waals surface area (Å²) in [5.74, 6) is -0.978. The molecule has 0 aromatic rings. The van der Waals surface area contributed by atoms with Gasteiger partial charge >= 0.3 is 11.9 Å². The van der Waals surface area contributed by atoms with Crippen LogP contribution in [0.5, 0.6) is 0 Å². The molecule has 0 spiro atoms. The third-order valence-corrected chi connectivity index (χ3v) is 7.65. The molecule has 0 aromatic carbocycles. The predicted octanol–water partition coefficient (Wildman–Crippen LogP) is 13.4. The van der Waals surface area contributed by atoms with E-state index in [0.29, 0.717) is 12.8 Å². The normalized spacial score (nSPS) is 12.5. The molecule has 0 fully saturated rings.